The largest absolute Gasteiger partial charge is 0.394 e. The van der Waals surface area contributed by atoms with Crippen molar-refractivity contribution in [3.05, 3.63) is 54.3 Å². The maximum atomic E-state index is 13.9. The van der Waals surface area contributed by atoms with Gasteiger partial charge in [-0.05, 0) is 23.3 Å². The molecule has 0 saturated carbocycles. The Morgan fingerprint density at radius 3 is 2.42 bits per heavy atom. The topological polar surface area (TPSA) is 52.5 Å². The molecule has 0 aromatic heterocycles. The van der Waals surface area contributed by atoms with Gasteiger partial charge in [0.15, 0.2) is 0 Å². The average Bonchev–Trinajstić information content (AvgIpc) is 2.46. The Morgan fingerprint density at radius 2 is 1.79 bits per heavy atom. The van der Waals surface area contributed by atoms with Crippen molar-refractivity contribution in [1.82, 2.24) is 0 Å². The molecule has 19 heavy (non-hydrogen) atoms. The van der Waals surface area contributed by atoms with Crippen LogP contribution in [0.5, 0.6) is 0 Å². The summed E-state index contributed by atoms with van der Waals surface area (Å²) in [6.45, 7) is -0.241. The molecule has 100 valence electrons. The summed E-state index contributed by atoms with van der Waals surface area (Å²) < 4.78 is 13.9. The standard InChI is InChI=1S/C15H16FNO2/c16-14-8-12(11-4-2-1-3-5-11)6-7-15(14)17-9-13(19)10-18/h1-8,13,17-19H,9-10H2. The molecule has 3 N–H and O–H groups in total. The van der Waals surface area contributed by atoms with Crippen molar-refractivity contribution >= 4 is 5.69 Å². The van der Waals surface area contributed by atoms with Gasteiger partial charge in [-0.1, -0.05) is 36.4 Å². The summed E-state index contributed by atoms with van der Waals surface area (Å²) in [5, 5.41) is 20.7. The third-order valence-corrected chi connectivity index (χ3v) is 2.82. The van der Waals surface area contributed by atoms with E-state index in [1.807, 2.05) is 36.4 Å². The first-order valence-corrected chi connectivity index (χ1v) is 6.08. The third kappa shape index (κ3) is 3.53. The van der Waals surface area contributed by atoms with Crippen LogP contribution in [-0.4, -0.2) is 29.5 Å². The van der Waals surface area contributed by atoms with Gasteiger partial charge in [-0.25, -0.2) is 4.39 Å². The molecule has 1 unspecified atom stereocenters. The summed E-state index contributed by atoms with van der Waals surface area (Å²) in [6.07, 6.45) is -0.895. The van der Waals surface area contributed by atoms with Crippen molar-refractivity contribution in [2.24, 2.45) is 0 Å². The van der Waals surface area contributed by atoms with E-state index in [4.69, 9.17) is 5.11 Å². The second kappa shape index (κ2) is 6.31. The maximum absolute atomic E-state index is 13.9. The predicted octanol–water partition coefficient (Wildman–Crippen LogP) is 2.26. The van der Waals surface area contributed by atoms with Crippen LogP contribution in [0.4, 0.5) is 10.1 Å². The zero-order valence-electron chi connectivity index (χ0n) is 10.4. The number of halogens is 1. The minimum atomic E-state index is -0.895. The van der Waals surface area contributed by atoms with E-state index >= 15 is 0 Å². The maximum Gasteiger partial charge on any atom is 0.146 e. The lowest BCUT2D eigenvalue weighted by Gasteiger charge is -2.12. The van der Waals surface area contributed by atoms with Gasteiger partial charge in [-0.15, -0.1) is 0 Å². The Bertz CT molecular complexity index is 531. The molecule has 0 heterocycles. The van der Waals surface area contributed by atoms with E-state index < -0.39 is 6.10 Å². The van der Waals surface area contributed by atoms with Crippen molar-refractivity contribution in [3.63, 3.8) is 0 Å². The van der Waals surface area contributed by atoms with E-state index in [0.29, 0.717) is 5.69 Å². The van der Waals surface area contributed by atoms with Crippen LogP contribution in [0.2, 0.25) is 0 Å². The lowest BCUT2D eigenvalue weighted by molar-refractivity contribution is 0.105. The first kappa shape index (κ1) is 13.5. The normalized spacial score (nSPS) is 12.2. The van der Waals surface area contributed by atoms with Crippen LogP contribution >= 0.6 is 0 Å². The molecule has 1 atom stereocenters. The molecule has 2 rings (SSSR count). The molecule has 0 amide bonds. The van der Waals surface area contributed by atoms with E-state index in [9.17, 15) is 9.50 Å². The van der Waals surface area contributed by atoms with Crippen LogP contribution < -0.4 is 5.32 Å². The molecule has 0 aliphatic heterocycles. The average molecular weight is 261 g/mol. The minimum Gasteiger partial charge on any atom is -0.394 e. The Labute approximate surface area is 111 Å². The van der Waals surface area contributed by atoms with Gasteiger partial charge in [0.2, 0.25) is 0 Å². The molecule has 4 heteroatoms. The lowest BCUT2D eigenvalue weighted by atomic mass is 10.1. The molecule has 0 spiro atoms. The summed E-state index contributed by atoms with van der Waals surface area (Å²) in [7, 11) is 0. The molecular formula is C15H16FNO2. The Balaban J connectivity index is 2.13. The molecule has 2 aromatic carbocycles. The van der Waals surface area contributed by atoms with Gasteiger partial charge in [0.25, 0.3) is 0 Å². The van der Waals surface area contributed by atoms with Gasteiger partial charge in [-0.2, -0.15) is 0 Å². The highest BCUT2D eigenvalue weighted by Crippen LogP contribution is 2.24. The van der Waals surface area contributed by atoms with Gasteiger partial charge in [0.05, 0.1) is 18.4 Å². The summed E-state index contributed by atoms with van der Waals surface area (Å²) >= 11 is 0. The molecule has 0 aliphatic rings. The van der Waals surface area contributed by atoms with E-state index in [-0.39, 0.29) is 19.0 Å². The Kier molecular flexibility index (Phi) is 4.49. The number of hydrogen-bond donors (Lipinski definition) is 3. The molecule has 3 nitrogen and oxygen atoms in total. The molecule has 0 fully saturated rings. The van der Waals surface area contributed by atoms with Crippen LogP contribution in [0.25, 0.3) is 11.1 Å². The first-order valence-electron chi connectivity index (χ1n) is 6.08. The molecule has 0 radical (unpaired) electrons. The number of rotatable bonds is 5. The fraction of sp³-hybridized carbons (Fsp3) is 0.200. The van der Waals surface area contributed by atoms with Crippen molar-refractivity contribution in [2.75, 3.05) is 18.5 Å². The smallest absolute Gasteiger partial charge is 0.146 e. The lowest BCUT2D eigenvalue weighted by Crippen LogP contribution is -2.23. The molecule has 0 aliphatic carbocycles. The monoisotopic (exact) mass is 261 g/mol. The highest BCUT2D eigenvalue weighted by atomic mass is 19.1. The predicted molar refractivity (Wildman–Crippen MR) is 73.4 cm³/mol. The first-order chi connectivity index (χ1) is 9.20. The van der Waals surface area contributed by atoms with Crippen LogP contribution in [0, 0.1) is 5.82 Å². The number of aliphatic hydroxyl groups is 2. The summed E-state index contributed by atoms with van der Waals surface area (Å²) in [4.78, 5) is 0. The van der Waals surface area contributed by atoms with Crippen molar-refractivity contribution in [3.8, 4) is 11.1 Å². The summed E-state index contributed by atoms with van der Waals surface area (Å²) in [6, 6.07) is 14.4. The van der Waals surface area contributed by atoms with E-state index in [2.05, 4.69) is 5.32 Å². The fourth-order valence-corrected chi connectivity index (χ4v) is 1.76. The van der Waals surface area contributed by atoms with Gasteiger partial charge in [0, 0.05) is 6.54 Å². The molecule has 2 aromatic rings. The van der Waals surface area contributed by atoms with Crippen LogP contribution in [0.3, 0.4) is 0 Å². The number of nitrogens with one attached hydrogen (secondary N) is 1. The Morgan fingerprint density at radius 1 is 1.05 bits per heavy atom. The number of benzene rings is 2. The van der Waals surface area contributed by atoms with Gasteiger partial charge >= 0.3 is 0 Å². The molecule has 0 bridgehead atoms. The minimum absolute atomic E-state index is 0.109. The third-order valence-electron chi connectivity index (χ3n) is 2.82. The van der Waals surface area contributed by atoms with Crippen LogP contribution in [0.1, 0.15) is 0 Å². The quantitative estimate of drug-likeness (QED) is 0.774. The zero-order valence-corrected chi connectivity index (χ0v) is 10.4. The second-order valence-corrected chi connectivity index (χ2v) is 4.28. The highest BCUT2D eigenvalue weighted by Gasteiger charge is 2.07. The van der Waals surface area contributed by atoms with Crippen molar-refractivity contribution < 1.29 is 14.6 Å². The number of aliphatic hydroxyl groups excluding tert-OH is 2. The van der Waals surface area contributed by atoms with Gasteiger partial charge < -0.3 is 15.5 Å². The van der Waals surface area contributed by atoms with Crippen molar-refractivity contribution in [2.45, 2.75) is 6.10 Å². The van der Waals surface area contributed by atoms with Crippen molar-refractivity contribution in [1.29, 1.82) is 0 Å². The highest BCUT2D eigenvalue weighted by molar-refractivity contribution is 5.66. The Hall–Kier alpha value is -1.91. The fourth-order valence-electron chi connectivity index (χ4n) is 1.76. The zero-order chi connectivity index (χ0) is 13.7. The van der Waals surface area contributed by atoms with Crippen LogP contribution in [0.15, 0.2) is 48.5 Å². The van der Waals surface area contributed by atoms with Gasteiger partial charge in [-0.3, -0.25) is 0 Å². The number of anilines is 1. The van der Waals surface area contributed by atoms with E-state index in [1.165, 1.54) is 6.07 Å². The van der Waals surface area contributed by atoms with Crippen LogP contribution in [-0.2, 0) is 0 Å². The summed E-state index contributed by atoms with van der Waals surface area (Å²) in [5.74, 6) is -0.383. The molecular weight excluding hydrogens is 245 g/mol. The SMILES string of the molecule is OCC(O)CNc1ccc(-c2ccccc2)cc1F. The second-order valence-electron chi connectivity index (χ2n) is 4.28. The molecule has 0 saturated heterocycles. The van der Waals surface area contributed by atoms with E-state index in [1.54, 1.807) is 6.07 Å². The van der Waals surface area contributed by atoms with E-state index in [0.717, 1.165) is 11.1 Å². The van der Waals surface area contributed by atoms with Gasteiger partial charge in [0.1, 0.15) is 5.82 Å². The number of hydrogen-bond acceptors (Lipinski definition) is 3. The summed E-state index contributed by atoms with van der Waals surface area (Å²) in [5.41, 5.74) is 2.06.